The van der Waals surface area contributed by atoms with Crippen molar-refractivity contribution in [1.82, 2.24) is 14.5 Å². The molecule has 3 aliphatic rings. The summed E-state index contributed by atoms with van der Waals surface area (Å²) in [7, 11) is 1.68. The van der Waals surface area contributed by atoms with Crippen LogP contribution in [0.15, 0.2) is 54.5 Å². The van der Waals surface area contributed by atoms with Gasteiger partial charge in [0.15, 0.2) is 0 Å². The summed E-state index contributed by atoms with van der Waals surface area (Å²) >= 11 is 0. The summed E-state index contributed by atoms with van der Waals surface area (Å²) in [5.41, 5.74) is 7.78. The number of aryl methyl sites for hydroxylation is 1. The van der Waals surface area contributed by atoms with E-state index in [1.807, 2.05) is 42.0 Å². The van der Waals surface area contributed by atoms with E-state index in [0.717, 1.165) is 86.8 Å². The lowest BCUT2D eigenvalue weighted by atomic mass is 9.97. The van der Waals surface area contributed by atoms with E-state index >= 15 is 0 Å². The van der Waals surface area contributed by atoms with Gasteiger partial charge in [-0.2, -0.15) is 0 Å². The van der Waals surface area contributed by atoms with Crippen molar-refractivity contribution in [2.75, 3.05) is 44.9 Å². The molecule has 2 saturated heterocycles. The van der Waals surface area contributed by atoms with E-state index in [-0.39, 0.29) is 11.9 Å². The number of methoxy groups -OCH3 is 1. The highest BCUT2D eigenvalue weighted by Crippen LogP contribution is 2.42. The van der Waals surface area contributed by atoms with Gasteiger partial charge in [0, 0.05) is 37.1 Å². The van der Waals surface area contributed by atoms with Crippen LogP contribution in [0.3, 0.4) is 0 Å². The van der Waals surface area contributed by atoms with E-state index in [1.54, 1.807) is 13.4 Å². The Bertz CT molecular complexity index is 1340. The molecule has 0 radical (unpaired) electrons. The highest BCUT2D eigenvalue weighted by molar-refractivity contribution is 5.99. The molecule has 2 fully saturated rings. The number of imidazole rings is 1. The van der Waals surface area contributed by atoms with Crippen molar-refractivity contribution in [2.24, 2.45) is 0 Å². The van der Waals surface area contributed by atoms with E-state index in [9.17, 15) is 4.79 Å². The average molecular weight is 499 g/mol. The van der Waals surface area contributed by atoms with Gasteiger partial charge in [-0.15, -0.1) is 0 Å². The minimum atomic E-state index is 0.147. The molecular weight excluding hydrogens is 464 g/mol. The van der Waals surface area contributed by atoms with Crippen LogP contribution in [0, 0.1) is 6.92 Å². The first-order valence-corrected chi connectivity index (χ1v) is 13.3. The van der Waals surface area contributed by atoms with Crippen LogP contribution in [-0.4, -0.2) is 60.3 Å². The maximum absolute atomic E-state index is 13.7. The first-order chi connectivity index (χ1) is 18.1. The topological polar surface area (TPSA) is 59.8 Å². The molecule has 2 aromatic carbocycles. The van der Waals surface area contributed by atoms with Crippen molar-refractivity contribution in [2.45, 2.75) is 38.6 Å². The lowest BCUT2D eigenvalue weighted by Crippen LogP contribution is -2.39. The van der Waals surface area contributed by atoms with Gasteiger partial charge in [-0.3, -0.25) is 4.79 Å². The number of aromatic nitrogens is 2. The predicted molar refractivity (Wildman–Crippen MR) is 144 cm³/mol. The summed E-state index contributed by atoms with van der Waals surface area (Å²) in [6.07, 6.45) is 9.59. The first-order valence-electron chi connectivity index (χ1n) is 13.3. The number of benzene rings is 2. The van der Waals surface area contributed by atoms with E-state index in [0.29, 0.717) is 0 Å². The molecule has 0 unspecified atom stereocenters. The Labute approximate surface area is 218 Å². The highest BCUT2D eigenvalue weighted by Gasteiger charge is 2.35. The number of fused-ring (bicyclic) bond motifs is 1. The summed E-state index contributed by atoms with van der Waals surface area (Å²) < 4.78 is 13.2. The number of hydrogen-bond donors (Lipinski definition) is 0. The van der Waals surface area contributed by atoms with Gasteiger partial charge in [0.1, 0.15) is 5.75 Å². The molecule has 1 atom stereocenters. The van der Waals surface area contributed by atoms with Gasteiger partial charge in [0.25, 0.3) is 0 Å². The zero-order valence-corrected chi connectivity index (χ0v) is 21.7. The Morgan fingerprint density at radius 2 is 1.95 bits per heavy atom. The number of anilines is 1. The van der Waals surface area contributed by atoms with E-state index in [4.69, 9.17) is 9.47 Å². The van der Waals surface area contributed by atoms with Crippen LogP contribution >= 0.6 is 0 Å². The van der Waals surface area contributed by atoms with Crippen molar-refractivity contribution >= 4 is 17.7 Å². The molecule has 7 nitrogen and oxygen atoms in total. The number of morpholine rings is 1. The van der Waals surface area contributed by atoms with Crippen LogP contribution < -0.4 is 9.64 Å². The van der Waals surface area contributed by atoms with Crippen molar-refractivity contribution in [1.29, 1.82) is 0 Å². The molecule has 0 bridgehead atoms. The third-order valence-corrected chi connectivity index (χ3v) is 7.86. The second kappa shape index (κ2) is 10.1. The van der Waals surface area contributed by atoms with Crippen molar-refractivity contribution < 1.29 is 14.3 Å². The fourth-order valence-corrected chi connectivity index (χ4v) is 6.05. The molecule has 1 aromatic heterocycles. The number of rotatable bonds is 5. The molecule has 0 spiro atoms. The first kappa shape index (κ1) is 23.8. The molecule has 3 aromatic rings. The third-order valence-electron chi connectivity index (χ3n) is 7.86. The number of piperidine rings is 1. The quantitative estimate of drug-likeness (QED) is 0.477. The molecule has 192 valence electrons. The van der Waals surface area contributed by atoms with Crippen LogP contribution in [0.2, 0.25) is 0 Å². The highest BCUT2D eigenvalue weighted by atomic mass is 16.5. The number of carbonyl (C=O) groups excluding carboxylic acids is 1. The van der Waals surface area contributed by atoms with E-state index in [2.05, 4.69) is 33.0 Å². The Morgan fingerprint density at radius 3 is 2.73 bits per heavy atom. The average Bonchev–Trinajstić information content (AvgIpc) is 3.56. The smallest absolute Gasteiger partial charge is 0.250 e. The Morgan fingerprint density at radius 1 is 1.08 bits per heavy atom. The number of hydrogen-bond acceptors (Lipinski definition) is 5. The summed E-state index contributed by atoms with van der Waals surface area (Å²) in [5, 5.41) is 0. The summed E-state index contributed by atoms with van der Waals surface area (Å²) in [5.74, 6) is 0.918. The Hall–Kier alpha value is -3.58. The number of likely N-dealkylation sites (tertiary alicyclic amines) is 1. The Kier molecular flexibility index (Phi) is 6.47. The molecule has 37 heavy (non-hydrogen) atoms. The molecular formula is C30H34N4O3. The van der Waals surface area contributed by atoms with Gasteiger partial charge < -0.3 is 23.8 Å². The van der Waals surface area contributed by atoms with E-state index in [1.165, 1.54) is 16.8 Å². The number of nitrogens with zero attached hydrogens (tertiary/aromatic N) is 4. The van der Waals surface area contributed by atoms with Crippen LogP contribution in [0.25, 0.3) is 11.8 Å². The molecule has 0 saturated carbocycles. The molecule has 1 amide bonds. The second-order valence-corrected chi connectivity index (χ2v) is 10.1. The van der Waals surface area contributed by atoms with Crippen LogP contribution in [-0.2, 0) is 16.0 Å². The minimum absolute atomic E-state index is 0.147. The maximum Gasteiger partial charge on any atom is 0.250 e. The SMILES string of the molecule is COc1cc(/C=C2\CCCN([C@@H]3CCc4c3cccc4N3CCOCC3)C2=O)ccc1-n1cnc(C)c1. The van der Waals surface area contributed by atoms with Gasteiger partial charge >= 0.3 is 0 Å². The summed E-state index contributed by atoms with van der Waals surface area (Å²) in [6, 6.07) is 12.8. The van der Waals surface area contributed by atoms with Crippen molar-refractivity contribution in [3.05, 3.63) is 76.9 Å². The normalized spacial score (nSPS) is 21.0. The largest absolute Gasteiger partial charge is 0.495 e. The lowest BCUT2D eigenvalue weighted by Gasteiger charge is -2.35. The molecule has 7 heteroatoms. The van der Waals surface area contributed by atoms with Crippen LogP contribution in [0.5, 0.6) is 5.75 Å². The van der Waals surface area contributed by atoms with Gasteiger partial charge in [-0.25, -0.2) is 4.98 Å². The van der Waals surface area contributed by atoms with E-state index < -0.39 is 0 Å². The standard InChI is InChI=1S/C30H34N4O3/c1-21-19-33(20-31-21)28-10-8-22(18-29(28)36-2)17-23-5-4-12-34(30(23)35)27-11-9-25-24(27)6-3-7-26(25)32-13-15-37-16-14-32/h3,6-8,10,17-20,27H,4-5,9,11-16H2,1-2H3/b23-17+/t27-/m1/s1. The number of carbonyl (C=O) groups is 1. The maximum atomic E-state index is 13.7. The molecule has 1 aliphatic carbocycles. The monoisotopic (exact) mass is 498 g/mol. The van der Waals surface area contributed by atoms with Crippen LogP contribution in [0.1, 0.15) is 47.7 Å². The zero-order chi connectivity index (χ0) is 25.4. The lowest BCUT2D eigenvalue weighted by molar-refractivity contribution is -0.131. The number of ether oxygens (including phenoxy) is 2. The summed E-state index contributed by atoms with van der Waals surface area (Å²) in [6.45, 7) is 6.19. The second-order valence-electron chi connectivity index (χ2n) is 10.1. The Balaban J connectivity index is 1.25. The van der Waals surface area contributed by atoms with Crippen molar-refractivity contribution in [3.63, 3.8) is 0 Å². The summed E-state index contributed by atoms with van der Waals surface area (Å²) in [4.78, 5) is 22.6. The van der Waals surface area contributed by atoms with Crippen LogP contribution in [0.4, 0.5) is 5.69 Å². The van der Waals surface area contributed by atoms with Gasteiger partial charge in [0.05, 0.1) is 44.1 Å². The number of amides is 1. The molecule has 0 N–H and O–H groups in total. The van der Waals surface area contributed by atoms with Crippen molar-refractivity contribution in [3.8, 4) is 11.4 Å². The fourth-order valence-electron chi connectivity index (χ4n) is 6.05. The molecule has 3 heterocycles. The third kappa shape index (κ3) is 4.53. The van der Waals surface area contributed by atoms with Gasteiger partial charge in [-0.05, 0) is 73.6 Å². The zero-order valence-electron chi connectivity index (χ0n) is 21.7. The van der Waals surface area contributed by atoms with Gasteiger partial charge in [-0.1, -0.05) is 18.2 Å². The minimum Gasteiger partial charge on any atom is -0.495 e. The predicted octanol–water partition coefficient (Wildman–Crippen LogP) is 4.72. The fraction of sp³-hybridized carbons (Fsp3) is 0.400. The molecule has 6 rings (SSSR count). The van der Waals surface area contributed by atoms with Gasteiger partial charge in [0.2, 0.25) is 5.91 Å². The molecule has 2 aliphatic heterocycles.